The molecule has 0 bridgehead atoms. The highest BCUT2D eigenvalue weighted by Crippen LogP contribution is 2.15. The van der Waals surface area contributed by atoms with Crippen LogP contribution in [0.2, 0.25) is 0 Å². The van der Waals surface area contributed by atoms with Crippen molar-refractivity contribution in [3.8, 4) is 0 Å². The highest BCUT2D eigenvalue weighted by Gasteiger charge is 2.20. The van der Waals surface area contributed by atoms with Gasteiger partial charge in [-0.1, -0.05) is 97.0 Å². The van der Waals surface area contributed by atoms with Crippen LogP contribution in [-0.4, -0.2) is 46.1 Å². The van der Waals surface area contributed by atoms with Crippen molar-refractivity contribution in [3.05, 3.63) is 77.9 Å². The fourth-order valence-electron chi connectivity index (χ4n) is 3.37. The molecule has 2 unspecified atom stereocenters. The number of carbonyl (C=O) groups excluding carboxylic acids is 2. The van der Waals surface area contributed by atoms with Crippen LogP contribution in [0.25, 0.3) is 6.08 Å². The summed E-state index contributed by atoms with van der Waals surface area (Å²) in [5.41, 5.74) is 3.33. The lowest BCUT2D eigenvalue weighted by Gasteiger charge is -2.19. The quantitative estimate of drug-likeness (QED) is 0.142. The highest BCUT2D eigenvalue weighted by molar-refractivity contribution is 5.77. The number of ketones is 1. The third kappa shape index (κ3) is 17.4. The molecule has 0 aliphatic heterocycles. The van der Waals surface area contributed by atoms with Crippen molar-refractivity contribution in [3.63, 3.8) is 0 Å². The smallest absolute Gasteiger partial charge is 0.308 e. The van der Waals surface area contributed by atoms with Crippen molar-refractivity contribution in [2.45, 2.75) is 87.5 Å². The summed E-state index contributed by atoms with van der Waals surface area (Å²) < 4.78 is 16.8. The number of rotatable bonds is 15. The first kappa shape index (κ1) is 41.4. The lowest BCUT2D eigenvalue weighted by Crippen LogP contribution is -2.26. The summed E-state index contributed by atoms with van der Waals surface area (Å²) in [4.78, 5) is 24.1. The Kier molecular flexibility index (Phi) is 26.5. The molecule has 0 aliphatic rings. The summed E-state index contributed by atoms with van der Waals surface area (Å²) in [5.74, 6) is -0.370. The van der Waals surface area contributed by atoms with E-state index in [2.05, 4.69) is 18.7 Å². The van der Waals surface area contributed by atoms with Gasteiger partial charge in [0.05, 0.1) is 25.7 Å². The Bertz CT molecular complexity index is 836. The zero-order valence-corrected chi connectivity index (χ0v) is 19.7. The van der Waals surface area contributed by atoms with E-state index in [1.807, 2.05) is 48.5 Å². The van der Waals surface area contributed by atoms with E-state index >= 15 is 0 Å². The molecule has 0 spiro atoms. The van der Waals surface area contributed by atoms with Crippen LogP contribution < -0.4 is 0 Å². The lowest BCUT2D eigenvalue weighted by atomic mass is 10.0. The van der Waals surface area contributed by atoms with Crippen LogP contribution in [0.15, 0.2) is 61.2 Å². The number of hydrogen-bond acceptors (Lipinski definition) is 5. The van der Waals surface area contributed by atoms with Crippen LogP contribution >= 0.6 is 0 Å². The molecule has 0 amide bonds. The monoisotopic (exact) mass is 513 g/mol. The predicted octanol–water partition coefficient (Wildman–Crippen LogP) is 7.33. The molecule has 0 aliphatic carbocycles. The average Bonchev–Trinajstić information content (AvgIpc) is 2.80. The number of hydrogen-bond donors (Lipinski definition) is 0. The average molecular weight is 514 g/mol. The minimum absolute atomic E-state index is 0. The summed E-state index contributed by atoms with van der Waals surface area (Å²) in [6.45, 7) is 6.16. The highest BCUT2D eigenvalue weighted by atomic mass is 16.5. The minimum atomic E-state index is -0.486. The van der Waals surface area contributed by atoms with Crippen molar-refractivity contribution in [2.75, 3.05) is 13.7 Å². The number of esters is 1. The van der Waals surface area contributed by atoms with Gasteiger partial charge in [-0.3, -0.25) is 9.59 Å². The Morgan fingerprint density at radius 1 is 0.865 bits per heavy atom. The van der Waals surface area contributed by atoms with Gasteiger partial charge in [0.15, 0.2) is 0 Å². The van der Waals surface area contributed by atoms with Crippen LogP contribution in [0, 0.1) is 0 Å². The summed E-state index contributed by atoms with van der Waals surface area (Å²) in [6.07, 6.45) is 3.40. The zero-order chi connectivity index (χ0) is 23.2. The molecule has 5 nitrogen and oxygen atoms in total. The third-order valence-corrected chi connectivity index (χ3v) is 5.21. The second kappa shape index (κ2) is 23.7. The Labute approximate surface area is 229 Å². The number of aryl methyl sites for hydroxylation is 1. The Morgan fingerprint density at radius 3 is 2.03 bits per heavy atom. The van der Waals surface area contributed by atoms with E-state index < -0.39 is 6.10 Å². The molecule has 0 heterocycles. The van der Waals surface area contributed by atoms with Crippen molar-refractivity contribution >= 4 is 26.2 Å². The SMILES string of the molecule is C.C.C.C.C=Cc1ccc(CCC(CC(=O)OC(CCOCc2ccccc2)CC(C)=O)OC)cc1.[B]. The summed E-state index contributed by atoms with van der Waals surface area (Å²) in [5, 5.41) is 0. The Balaban J connectivity index is -0.00000109. The van der Waals surface area contributed by atoms with Crippen molar-refractivity contribution in [1.82, 2.24) is 0 Å². The van der Waals surface area contributed by atoms with Crippen LogP contribution in [0.4, 0.5) is 0 Å². The van der Waals surface area contributed by atoms with Gasteiger partial charge in [-0.2, -0.15) is 0 Å². The van der Waals surface area contributed by atoms with E-state index in [0.717, 1.165) is 17.5 Å². The first-order valence-electron chi connectivity index (χ1n) is 11.0. The minimum Gasteiger partial charge on any atom is -0.462 e. The number of benzene rings is 2. The lowest BCUT2D eigenvalue weighted by molar-refractivity contribution is -0.153. The standard InChI is InChI=1S/C27H34O5.4CH4.B/c1-4-22-10-12-23(13-11-22)14-15-25(30-3)19-27(29)32-26(18-21(2)28)16-17-31-20-24-8-6-5-7-9-24;;;;;/h4-13,25-26H,1,14-20H2,2-3H3;4*1H4;. The molecular weight excluding hydrogens is 463 g/mol. The van der Waals surface area contributed by atoms with Gasteiger partial charge in [-0.15, -0.1) is 0 Å². The van der Waals surface area contributed by atoms with Crippen LogP contribution in [0.3, 0.4) is 0 Å². The topological polar surface area (TPSA) is 61.8 Å². The molecular formula is C31H50BO5. The van der Waals surface area contributed by atoms with E-state index in [-0.39, 0.29) is 68.8 Å². The first-order chi connectivity index (χ1) is 15.5. The molecule has 6 heteroatoms. The molecule has 2 aromatic rings. The van der Waals surface area contributed by atoms with Gasteiger partial charge in [0.1, 0.15) is 11.9 Å². The van der Waals surface area contributed by atoms with E-state index in [1.165, 1.54) is 12.5 Å². The number of ether oxygens (including phenoxy) is 3. The number of methoxy groups -OCH3 is 1. The number of Topliss-reactive ketones (excluding diaryl/α,β-unsaturated/α-hetero) is 1. The molecule has 0 saturated heterocycles. The van der Waals surface area contributed by atoms with Gasteiger partial charge in [-0.05, 0) is 36.5 Å². The van der Waals surface area contributed by atoms with E-state index in [1.54, 1.807) is 7.11 Å². The maximum atomic E-state index is 12.5. The Morgan fingerprint density at radius 2 is 1.49 bits per heavy atom. The van der Waals surface area contributed by atoms with Gasteiger partial charge in [-0.25, -0.2) is 0 Å². The third-order valence-electron chi connectivity index (χ3n) is 5.21. The molecule has 207 valence electrons. The largest absolute Gasteiger partial charge is 0.462 e. The molecule has 0 N–H and O–H groups in total. The fourth-order valence-corrected chi connectivity index (χ4v) is 3.37. The fraction of sp³-hybridized carbons (Fsp3) is 0.484. The molecule has 2 aromatic carbocycles. The van der Waals surface area contributed by atoms with Crippen molar-refractivity contribution in [1.29, 1.82) is 0 Å². The molecule has 0 saturated carbocycles. The van der Waals surface area contributed by atoms with Crippen molar-refractivity contribution in [2.24, 2.45) is 0 Å². The molecule has 3 radical (unpaired) electrons. The van der Waals surface area contributed by atoms with Crippen LogP contribution in [0.5, 0.6) is 0 Å². The first-order valence-corrected chi connectivity index (χ1v) is 11.0. The number of carbonyl (C=O) groups is 2. The van der Waals surface area contributed by atoms with Crippen LogP contribution in [0.1, 0.15) is 79.0 Å². The summed E-state index contributed by atoms with van der Waals surface area (Å²) in [6, 6.07) is 18.0. The second-order valence-corrected chi connectivity index (χ2v) is 7.89. The summed E-state index contributed by atoms with van der Waals surface area (Å²) in [7, 11) is 1.60. The van der Waals surface area contributed by atoms with Crippen molar-refractivity contribution < 1.29 is 23.8 Å². The van der Waals surface area contributed by atoms with E-state index in [4.69, 9.17) is 14.2 Å². The maximum Gasteiger partial charge on any atom is 0.308 e. The predicted molar refractivity (Wildman–Crippen MR) is 159 cm³/mol. The summed E-state index contributed by atoms with van der Waals surface area (Å²) >= 11 is 0. The molecule has 37 heavy (non-hydrogen) atoms. The molecule has 2 rings (SSSR count). The van der Waals surface area contributed by atoms with E-state index in [9.17, 15) is 9.59 Å². The molecule has 0 aromatic heterocycles. The van der Waals surface area contributed by atoms with Gasteiger partial charge < -0.3 is 14.2 Å². The van der Waals surface area contributed by atoms with Gasteiger partial charge >= 0.3 is 5.97 Å². The van der Waals surface area contributed by atoms with Gasteiger partial charge in [0.25, 0.3) is 0 Å². The van der Waals surface area contributed by atoms with E-state index in [0.29, 0.717) is 26.1 Å². The normalized spacial score (nSPS) is 11.0. The second-order valence-electron chi connectivity index (χ2n) is 7.89. The zero-order valence-electron chi connectivity index (χ0n) is 19.7. The maximum absolute atomic E-state index is 12.5. The van der Waals surface area contributed by atoms with Crippen LogP contribution in [-0.2, 0) is 36.8 Å². The van der Waals surface area contributed by atoms with Gasteiger partial charge in [0.2, 0.25) is 0 Å². The molecule has 0 fully saturated rings. The Hall–Kier alpha value is -2.70. The molecule has 2 atom stereocenters. The van der Waals surface area contributed by atoms with Gasteiger partial charge in [0, 0.05) is 28.4 Å².